The normalized spacial score (nSPS) is 19.4. The van der Waals surface area contributed by atoms with Gasteiger partial charge in [0.1, 0.15) is 7.85 Å². The molecule has 0 bridgehead atoms. The average molecular weight is 286 g/mol. The molecule has 0 N–H and O–H groups in total. The Morgan fingerprint density at radius 3 is 2.81 bits per heavy atom. The van der Waals surface area contributed by atoms with E-state index in [2.05, 4.69) is 25.0 Å². The molecule has 0 aromatic heterocycles. The Kier molecular flexibility index (Phi) is 4.04. The molecule has 1 saturated heterocycles. The molecule has 1 amide bonds. The first-order chi connectivity index (χ1) is 10.1. The fourth-order valence-electron chi connectivity index (χ4n) is 3.53. The van der Waals surface area contributed by atoms with Crippen LogP contribution in [0, 0.1) is 12.8 Å². The van der Waals surface area contributed by atoms with Gasteiger partial charge in [-0.3, -0.25) is 9.80 Å². The number of nitrogens with zero attached hydrogens (tertiary/aromatic N) is 2. The first kappa shape index (κ1) is 14.6. The number of carbonyl (C=O) groups excluding carboxylic acids is 1. The van der Waals surface area contributed by atoms with Crippen molar-refractivity contribution in [1.82, 2.24) is 10.0 Å². The fourth-order valence-corrected chi connectivity index (χ4v) is 3.53. The van der Waals surface area contributed by atoms with Crippen LogP contribution in [-0.4, -0.2) is 50.6 Å². The van der Waals surface area contributed by atoms with E-state index < -0.39 is 0 Å². The third-order valence-corrected chi connectivity index (χ3v) is 4.61. The van der Waals surface area contributed by atoms with Gasteiger partial charge in [-0.25, -0.2) is 5.01 Å². The summed E-state index contributed by atoms with van der Waals surface area (Å²) in [6.07, 6.45) is 2.19. The minimum Gasteiger partial charge on any atom is -0.381 e. The van der Waals surface area contributed by atoms with Gasteiger partial charge in [0, 0.05) is 32.4 Å². The molecule has 3 rings (SSSR count). The number of amides is 1. The predicted molar refractivity (Wildman–Crippen MR) is 85.4 cm³/mol. The summed E-state index contributed by atoms with van der Waals surface area (Å²) in [5, 5.41) is 4.00. The highest BCUT2D eigenvalue weighted by atomic mass is 16.5. The van der Waals surface area contributed by atoms with Gasteiger partial charge in [0.25, 0.3) is 5.91 Å². The van der Waals surface area contributed by atoms with E-state index in [1.165, 1.54) is 5.46 Å². The van der Waals surface area contributed by atoms with Crippen LogP contribution in [0.4, 0.5) is 0 Å². The summed E-state index contributed by atoms with van der Waals surface area (Å²) < 4.78 is 5.41. The lowest BCUT2D eigenvalue weighted by atomic mass is 9.90. The second-order valence-corrected chi connectivity index (χ2v) is 6.37. The van der Waals surface area contributed by atoms with Gasteiger partial charge in [0.15, 0.2) is 0 Å². The summed E-state index contributed by atoms with van der Waals surface area (Å²) in [7, 11) is 4.12. The summed E-state index contributed by atoms with van der Waals surface area (Å²) >= 11 is 0. The molecule has 21 heavy (non-hydrogen) atoms. The van der Waals surface area contributed by atoms with Gasteiger partial charge in [0.05, 0.1) is 6.54 Å². The van der Waals surface area contributed by atoms with Crippen LogP contribution in [0.5, 0.6) is 0 Å². The molecule has 2 heterocycles. The highest BCUT2D eigenvalue weighted by molar-refractivity contribution is 6.32. The van der Waals surface area contributed by atoms with E-state index in [0.717, 1.165) is 49.3 Å². The van der Waals surface area contributed by atoms with E-state index in [1.54, 1.807) is 0 Å². The molecule has 2 aliphatic rings. The van der Waals surface area contributed by atoms with Gasteiger partial charge in [-0.2, -0.15) is 0 Å². The molecule has 1 aromatic rings. The van der Waals surface area contributed by atoms with E-state index in [0.29, 0.717) is 12.5 Å². The van der Waals surface area contributed by atoms with Crippen LogP contribution in [0.25, 0.3) is 0 Å². The Morgan fingerprint density at radius 2 is 2.10 bits per heavy atom. The molecule has 0 aliphatic carbocycles. The highest BCUT2D eigenvalue weighted by Gasteiger charge is 2.32. The van der Waals surface area contributed by atoms with Gasteiger partial charge in [0.2, 0.25) is 0 Å². The van der Waals surface area contributed by atoms with Crippen molar-refractivity contribution >= 4 is 19.2 Å². The topological polar surface area (TPSA) is 32.8 Å². The molecular weight excluding hydrogens is 263 g/mol. The average Bonchev–Trinajstić information content (AvgIpc) is 2.77. The number of ether oxygens (including phenoxy) is 1. The van der Waals surface area contributed by atoms with Crippen LogP contribution in [0.15, 0.2) is 12.1 Å². The Morgan fingerprint density at radius 1 is 1.38 bits per heavy atom. The largest absolute Gasteiger partial charge is 0.381 e. The molecule has 5 heteroatoms. The van der Waals surface area contributed by atoms with E-state index in [1.807, 2.05) is 19.0 Å². The van der Waals surface area contributed by atoms with Crippen molar-refractivity contribution in [1.29, 1.82) is 0 Å². The molecule has 0 unspecified atom stereocenters. The molecule has 112 valence electrons. The maximum absolute atomic E-state index is 12.7. The first-order valence-electron chi connectivity index (χ1n) is 7.77. The molecule has 0 saturated carbocycles. The summed E-state index contributed by atoms with van der Waals surface area (Å²) in [4.78, 5) is 12.7. The molecule has 1 fully saturated rings. The lowest BCUT2D eigenvalue weighted by molar-refractivity contribution is -0.0168. The van der Waals surface area contributed by atoms with E-state index >= 15 is 0 Å². The Hall–Kier alpha value is -1.33. The summed E-state index contributed by atoms with van der Waals surface area (Å²) in [6.45, 7) is 5.37. The third-order valence-electron chi connectivity index (χ3n) is 4.61. The zero-order valence-electron chi connectivity index (χ0n) is 13.2. The van der Waals surface area contributed by atoms with Crippen LogP contribution < -0.4 is 5.46 Å². The summed E-state index contributed by atoms with van der Waals surface area (Å²) in [5.74, 6) is 0.778. The Labute approximate surface area is 127 Å². The van der Waals surface area contributed by atoms with Crippen LogP contribution in [-0.2, 0) is 11.3 Å². The number of hydrogen-bond acceptors (Lipinski definition) is 3. The minimum atomic E-state index is 0.150. The van der Waals surface area contributed by atoms with E-state index in [9.17, 15) is 4.79 Å². The number of rotatable bonds is 3. The number of fused-ring (bicyclic) bond motifs is 1. The first-order valence-corrected chi connectivity index (χ1v) is 7.77. The number of hydrogen-bond donors (Lipinski definition) is 0. The van der Waals surface area contributed by atoms with Crippen molar-refractivity contribution in [3.8, 4) is 0 Å². The van der Waals surface area contributed by atoms with E-state index in [-0.39, 0.29) is 5.91 Å². The standard InChI is InChI=1S/C16H23BN2O2/c1-11-7-14(17)8-13-10-19(16(20)15(11)13)18(2)9-12-3-5-21-6-4-12/h7-8,12H,3-6,9-10,17H2,1-2H3. The number of benzene rings is 1. The number of carbonyl (C=O) groups is 1. The zero-order valence-corrected chi connectivity index (χ0v) is 13.2. The van der Waals surface area contributed by atoms with Crippen LogP contribution >= 0.6 is 0 Å². The predicted octanol–water partition coefficient (Wildman–Crippen LogP) is 0.483. The maximum Gasteiger partial charge on any atom is 0.269 e. The molecule has 0 atom stereocenters. The smallest absolute Gasteiger partial charge is 0.269 e. The second kappa shape index (κ2) is 5.81. The highest BCUT2D eigenvalue weighted by Crippen LogP contribution is 2.27. The van der Waals surface area contributed by atoms with Gasteiger partial charge in [-0.1, -0.05) is 17.6 Å². The fraction of sp³-hybridized carbons (Fsp3) is 0.562. The minimum absolute atomic E-state index is 0.150. The van der Waals surface area contributed by atoms with Crippen molar-refractivity contribution in [2.45, 2.75) is 26.3 Å². The van der Waals surface area contributed by atoms with Crippen LogP contribution in [0.1, 0.15) is 34.3 Å². The van der Waals surface area contributed by atoms with Gasteiger partial charge in [-0.15, -0.1) is 0 Å². The van der Waals surface area contributed by atoms with Crippen LogP contribution in [0.2, 0.25) is 0 Å². The lowest BCUT2D eigenvalue weighted by Crippen LogP contribution is -2.43. The molecule has 1 aromatic carbocycles. The van der Waals surface area contributed by atoms with Crippen molar-refractivity contribution in [2.24, 2.45) is 5.92 Å². The van der Waals surface area contributed by atoms with Crippen molar-refractivity contribution in [3.63, 3.8) is 0 Å². The number of hydrazine groups is 1. The quantitative estimate of drug-likeness (QED) is 0.758. The maximum atomic E-state index is 12.7. The zero-order chi connectivity index (χ0) is 15.0. The monoisotopic (exact) mass is 286 g/mol. The SMILES string of the molecule is Bc1cc(C)c2c(c1)CN(N(C)CC1CCOCC1)C2=O. The van der Waals surface area contributed by atoms with Crippen LogP contribution in [0.3, 0.4) is 0 Å². The second-order valence-electron chi connectivity index (χ2n) is 6.37. The van der Waals surface area contributed by atoms with Gasteiger partial charge < -0.3 is 4.74 Å². The molecule has 2 aliphatic heterocycles. The number of aryl methyl sites for hydroxylation is 1. The molecule has 0 radical (unpaired) electrons. The molecular formula is C16H23BN2O2. The lowest BCUT2D eigenvalue weighted by Gasteiger charge is -2.32. The third kappa shape index (κ3) is 2.85. The summed E-state index contributed by atoms with van der Waals surface area (Å²) in [6, 6.07) is 4.24. The van der Waals surface area contributed by atoms with Gasteiger partial charge >= 0.3 is 0 Å². The Balaban J connectivity index is 1.73. The van der Waals surface area contributed by atoms with Crippen molar-refractivity contribution < 1.29 is 9.53 Å². The van der Waals surface area contributed by atoms with Crippen molar-refractivity contribution in [3.05, 3.63) is 28.8 Å². The van der Waals surface area contributed by atoms with E-state index in [4.69, 9.17) is 4.74 Å². The van der Waals surface area contributed by atoms with Gasteiger partial charge in [-0.05, 0) is 36.8 Å². The summed E-state index contributed by atoms with van der Waals surface area (Å²) in [5.41, 5.74) is 4.39. The Bertz CT molecular complexity index is 555. The van der Waals surface area contributed by atoms with Crippen molar-refractivity contribution in [2.75, 3.05) is 26.8 Å². The molecule has 0 spiro atoms. The molecule has 4 nitrogen and oxygen atoms in total.